The van der Waals surface area contributed by atoms with Crippen molar-refractivity contribution in [3.05, 3.63) is 125 Å². The van der Waals surface area contributed by atoms with Gasteiger partial charge in [-0.25, -0.2) is 0 Å². The van der Waals surface area contributed by atoms with Gasteiger partial charge in [0.05, 0.1) is 29.3 Å². The third-order valence-electron chi connectivity index (χ3n) is 7.44. The molecule has 3 amide bonds. The van der Waals surface area contributed by atoms with Crippen LogP contribution in [0.3, 0.4) is 0 Å². The van der Waals surface area contributed by atoms with Crippen molar-refractivity contribution in [1.82, 2.24) is 10.2 Å². The molecule has 48 heavy (non-hydrogen) atoms. The zero-order chi connectivity index (χ0) is 34.8. The minimum Gasteiger partial charge on any atom is -0.463 e. The van der Waals surface area contributed by atoms with E-state index in [1.165, 1.54) is 35.2 Å². The molecule has 0 bridgehead atoms. The van der Waals surface area contributed by atoms with Crippen LogP contribution in [-0.2, 0) is 26.9 Å². The molecule has 11 heteroatoms. The Bertz CT molecular complexity index is 1760. The van der Waals surface area contributed by atoms with Crippen LogP contribution >= 0.6 is 0 Å². The van der Waals surface area contributed by atoms with E-state index < -0.39 is 35.6 Å². The van der Waals surface area contributed by atoms with Crippen molar-refractivity contribution in [3.8, 4) is 11.1 Å². The molecule has 0 unspecified atom stereocenters. The maximum atomic E-state index is 13.5. The summed E-state index contributed by atoms with van der Waals surface area (Å²) in [6.07, 6.45) is -3.67. The monoisotopic (exact) mass is 659 g/mol. The fourth-order valence-electron chi connectivity index (χ4n) is 4.98. The molecule has 8 nitrogen and oxygen atoms in total. The largest absolute Gasteiger partial charge is 0.463 e. The Morgan fingerprint density at radius 3 is 2.15 bits per heavy atom. The van der Waals surface area contributed by atoms with Crippen molar-refractivity contribution in [1.29, 1.82) is 0 Å². The fraction of sp³-hybridized carbons (Fsp3) is 0.243. The number of anilines is 1. The Kier molecular flexibility index (Phi) is 11.7. The standard InChI is InChI=1S/C37H36F3N3O5/c1-4-10-33(44)41-32(26-11-6-5-7-12-26)23-48-34(45)22-24-15-20-31(30(21-24)36(47)43(2)3)42-35(46)29-14-9-8-13-28(29)25-16-18-27(19-17-25)37(38,39)40/h5-9,11-21,32H,4,10,22-23H2,1-3H3,(H,41,44)(H,42,46)/t32-/m1/s1. The quantitative estimate of drug-likeness (QED) is 0.158. The fourth-order valence-corrected chi connectivity index (χ4v) is 4.98. The molecule has 0 fully saturated rings. The highest BCUT2D eigenvalue weighted by atomic mass is 19.4. The Hall–Kier alpha value is -5.45. The lowest BCUT2D eigenvalue weighted by Crippen LogP contribution is -2.32. The van der Waals surface area contributed by atoms with Gasteiger partial charge in [-0.2, -0.15) is 13.2 Å². The van der Waals surface area contributed by atoms with Crippen LogP contribution in [0.15, 0.2) is 97.1 Å². The molecule has 4 rings (SSSR count). The van der Waals surface area contributed by atoms with Gasteiger partial charge in [-0.15, -0.1) is 0 Å². The maximum Gasteiger partial charge on any atom is 0.416 e. The number of ether oxygens (including phenoxy) is 1. The summed E-state index contributed by atoms with van der Waals surface area (Å²) >= 11 is 0. The number of benzene rings is 4. The third kappa shape index (κ3) is 9.31. The second kappa shape index (κ2) is 15.9. The van der Waals surface area contributed by atoms with Gasteiger partial charge in [-0.3, -0.25) is 19.2 Å². The van der Waals surface area contributed by atoms with Gasteiger partial charge in [0.1, 0.15) is 6.61 Å². The molecule has 2 N–H and O–H groups in total. The Morgan fingerprint density at radius 2 is 1.50 bits per heavy atom. The lowest BCUT2D eigenvalue weighted by atomic mass is 9.97. The highest BCUT2D eigenvalue weighted by Gasteiger charge is 2.30. The number of carbonyl (C=O) groups excluding carboxylic acids is 4. The van der Waals surface area contributed by atoms with Crippen molar-refractivity contribution >= 4 is 29.4 Å². The second-order valence-corrected chi connectivity index (χ2v) is 11.3. The molecule has 0 saturated carbocycles. The van der Waals surface area contributed by atoms with Gasteiger partial charge in [0, 0.05) is 26.1 Å². The van der Waals surface area contributed by atoms with Crippen molar-refractivity contribution < 1.29 is 37.1 Å². The number of hydrogen-bond acceptors (Lipinski definition) is 5. The number of nitrogens with zero attached hydrogens (tertiary/aromatic N) is 1. The van der Waals surface area contributed by atoms with Crippen molar-refractivity contribution in [2.24, 2.45) is 0 Å². The van der Waals surface area contributed by atoms with Gasteiger partial charge in [-0.05, 0) is 59.0 Å². The molecule has 0 heterocycles. The summed E-state index contributed by atoms with van der Waals surface area (Å²) in [5.41, 5.74) is 1.74. The van der Waals surface area contributed by atoms with Crippen LogP contribution in [-0.4, -0.2) is 49.3 Å². The van der Waals surface area contributed by atoms with E-state index in [0.717, 1.165) is 17.7 Å². The first-order valence-electron chi connectivity index (χ1n) is 15.3. The highest BCUT2D eigenvalue weighted by Crippen LogP contribution is 2.32. The van der Waals surface area contributed by atoms with E-state index in [0.29, 0.717) is 29.5 Å². The van der Waals surface area contributed by atoms with Crippen molar-refractivity contribution in [3.63, 3.8) is 0 Å². The Labute approximate surface area is 276 Å². The van der Waals surface area contributed by atoms with Crippen LogP contribution in [0.5, 0.6) is 0 Å². The number of esters is 1. The molecule has 0 aliphatic rings. The van der Waals surface area contributed by atoms with Gasteiger partial charge in [-0.1, -0.05) is 73.7 Å². The number of carbonyl (C=O) groups is 4. The SMILES string of the molecule is CCCC(=O)N[C@H](COC(=O)Cc1ccc(NC(=O)c2ccccc2-c2ccc(C(F)(F)F)cc2)c(C(=O)N(C)C)c1)c1ccccc1. The summed E-state index contributed by atoms with van der Waals surface area (Å²) in [5, 5.41) is 5.65. The van der Waals surface area contributed by atoms with E-state index >= 15 is 0 Å². The number of amides is 3. The molecule has 0 radical (unpaired) electrons. The predicted molar refractivity (Wildman–Crippen MR) is 176 cm³/mol. The topological polar surface area (TPSA) is 105 Å². The van der Waals surface area contributed by atoms with E-state index in [-0.39, 0.29) is 35.7 Å². The summed E-state index contributed by atoms with van der Waals surface area (Å²) in [5.74, 6) is -1.75. The minimum atomic E-state index is -4.50. The molecule has 4 aromatic carbocycles. The van der Waals surface area contributed by atoms with Gasteiger partial charge >= 0.3 is 12.1 Å². The minimum absolute atomic E-state index is 0.0890. The van der Waals surface area contributed by atoms with Crippen molar-refractivity contribution in [2.45, 2.75) is 38.4 Å². The number of hydrogen-bond donors (Lipinski definition) is 2. The smallest absolute Gasteiger partial charge is 0.416 e. The first kappa shape index (κ1) is 35.4. The molecule has 4 aromatic rings. The highest BCUT2D eigenvalue weighted by molar-refractivity contribution is 6.11. The molecule has 1 atom stereocenters. The number of halogens is 3. The summed E-state index contributed by atoms with van der Waals surface area (Å²) in [6.45, 7) is 1.81. The molecule has 0 aromatic heterocycles. The van der Waals surface area contributed by atoms with E-state index in [1.54, 1.807) is 38.4 Å². The van der Waals surface area contributed by atoms with Gasteiger partial charge in [0.2, 0.25) is 5.91 Å². The molecule has 250 valence electrons. The average molecular weight is 660 g/mol. The summed E-state index contributed by atoms with van der Waals surface area (Å²) in [6, 6.07) is 24.2. The lowest BCUT2D eigenvalue weighted by molar-refractivity contribution is -0.144. The maximum absolute atomic E-state index is 13.5. The van der Waals surface area contributed by atoms with E-state index in [4.69, 9.17) is 4.74 Å². The molecule has 0 spiro atoms. The summed E-state index contributed by atoms with van der Waals surface area (Å²) < 4.78 is 44.8. The van der Waals surface area contributed by atoms with E-state index in [9.17, 15) is 32.3 Å². The van der Waals surface area contributed by atoms with Crippen LogP contribution in [0.25, 0.3) is 11.1 Å². The number of alkyl halides is 3. The van der Waals surface area contributed by atoms with Crippen LogP contribution in [0.2, 0.25) is 0 Å². The first-order valence-corrected chi connectivity index (χ1v) is 15.3. The summed E-state index contributed by atoms with van der Waals surface area (Å²) in [7, 11) is 3.09. The normalized spacial score (nSPS) is 11.7. The van der Waals surface area contributed by atoms with Crippen LogP contribution in [0.1, 0.15) is 63.2 Å². The average Bonchev–Trinajstić information content (AvgIpc) is 3.07. The van der Waals surface area contributed by atoms with E-state index in [2.05, 4.69) is 10.6 Å². The Morgan fingerprint density at radius 1 is 0.833 bits per heavy atom. The van der Waals surface area contributed by atoms with Crippen LogP contribution in [0, 0.1) is 0 Å². The second-order valence-electron chi connectivity index (χ2n) is 11.3. The molecular weight excluding hydrogens is 623 g/mol. The number of nitrogens with one attached hydrogen (secondary N) is 2. The Balaban J connectivity index is 1.52. The molecule has 0 aliphatic heterocycles. The van der Waals surface area contributed by atoms with Crippen molar-refractivity contribution in [2.75, 3.05) is 26.0 Å². The first-order chi connectivity index (χ1) is 22.9. The van der Waals surface area contributed by atoms with Gasteiger partial charge in [0.15, 0.2) is 0 Å². The third-order valence-corrected chi connectivity index (χ3v) is 7.44. The summed E-state index contributed by atoms with van der Waals surface area (Å²) in [4.78, 5) is 53.2. The lowest BCUT2D eigenvalue weighted by Gasteiger charge is -2.19. The molecule has 0 aliphatic carbocycles. The van der Waals surface area contributed by atoms with Gasteiger partial charge < -0.3 is 20.3 Å². The van der Waals surface area contributed by atoms with Crippen LogP contribution < -0.4 is 10.6 Å². The zero-order valence-corrected chi connectivity index (χ0v) is 26.8. The number of rotatable bonds is 12. The zero-order valence-electron chi connectivity index (χ0n) is 26.8. The predicted octanol–water partition coefficient (Wildman–Crippen LogP) is 7.07. The molecule has 0 saturated heterocycles. The molecular formula is C37H36F3N3O5. The van der Waals surface area contributed by atoms with E-state index in [1.807, 2.05) is 37.3 Å². The van der Waals surface area contributed by atoms with Gasteiger partial charge in [0.25, 0.3) is 11.8 Å². The van der Waals surface area contributed by atoms with Crippen LogP contribution in [0.4, 0.5) is 18.9 Å².